The number of carbonyl (C=O) groups is 1. The van der Waals surface area contributed by atoms with Gasteiger partial charge in [0.05, 0.1) is 5.52 Å². The van der Waals surface area contributed by atoms with E-state index < -0.39 is 0 Å². The van der Waals surface area contributed by atoms with E-state index >= 15 is 0 Å². The largest absolute Gasteiger partial charge is 0.370 e. The molecule has 1 aromatic heterocycles. The molecule has 0 bridgehead atoms. The van der Waals surface area contributed by atoms with Crippen LogP contribution in [0.15, 0.2) is 60.7 Å². The summed E-state index contributed by atoms with van der Waals surface area (Å²) in [4.78, 5) is 16.7. The summed E-state index contributed by atoms with van der Waals surface area (Å²) >= 11 is 5.85. The fraction of sp³-hybridized carbons (Fsp3) is 0.143. The Labute approximate surface area is 157 Å². The van der Waals surface area contributed by atoms with Gasteiger partial charge in [-0.1, -0.05) is 30.7 Å². The van der Waals surface area contributed by atoms with Gasteiger partial charge in [-0.05, 0) is 60.5 Å². The number of benzene rings is 2. The highest BCUT2D eigenvalue weighted by Gasteiger charge is 2.02. The molecule has 0 fully saturated rings. The number of rotatable bonds is 6. The zero-order chi connectivity index (χ0) is 18.4. The predicted octanol–water partition coefficient (Wildman–Crippen LogP) is 5.36. The van der Waals surface area contributed by atoms with Crippen molar-refractivity contribution in [2.24, 2.45) is 0 Å². The quantitative estimate of drug-likeness (QED) is 0.578. The van der Waals surface area contributed by atoms with Gasteiger partial charge in [0.2, 0.25) is 5.91 Å². The predicted molar refractivity (Wildman–Crippen MR) is 110 cm³/mol. The van der Waals surface area contributed by atoms with Crippen molar-refractivity contribution in [2.45, 2.75) is 13.3 Å². The summed E-state index contributed by atoms with van der Waals surface area (Å²) in [5, 5.41) is 7.79. The Bertz CT molecular complexity index is 936. The van der Waals surface area contributed by atoms with Crippen molar-refractivity contribution < 1.29 is 4.79 Å². The molecule has 0 spiro atoms. The first-order valence-electron chi connectivity index (χ1n) is 8.53. The number of nitrogens with zero attached hydrogens (tertiary/aromatic N) is 1. The molecule has 0 radical (unpaired) electrons. The van der Waals surface area contributed by atoms with Gasteiger partial charge in [-0.15, -0.1) is 0 Å². The molecule has 3 rings (SSSR count). The minimum atomic E-state index is -0.187. The van der Waals surface area contributed by atoms with Crippen LogP contribution in [-0.2, 0) is 4.79 Å². The molecule has 0 saturated carbocycles. The van der Waals surface area contributed by atoms with Crippen molar-refractivity contribution in [1.82, 2.24) is 4.98 Å². The number of aromatic nitrogens is 1. The monoisotopic (exact) mass is 365 g/mol. The lowest BCUT2D eigenvalue weighted by molar-refractivity contribution is -0.111. The minimum absolute atomic E-state index is 0.187. The van der Waals surface area contributed by atoms with Gasteiger partial charge < -0.3 is 10.6 Å². The lowest BCUT2D eigenvalue weighted by Crippen LogP contribution is -2.07. The lowest BCUT2D eigenvalue weighted by atomic mass is 10.2. The molecule has 26 heavy (non-hydrogen) atoms. The summed E-state index contributed by atoms with van der Waals surface area (Å²) in [6.45, 7) is 3.01. The number of halogens is 1. The van der Waals surface area contributed by atoms with E-state index in [2.05, 4.69) is 22.5 Å². The molecular weight excluding hydrogens is 346 g/mol. The van der Waals surface area contributed by atoms with Crippen LogP contribution in [0.4, 0.5) is 11.5 Å². The molecule has 4 nitrogen and oxygen atoms in total. The van der Waals surface area contributed by atoms with Crippen LogP contribution in [0.25, 0.3) is 17.0 Å². The van der Waals surface area contributed by atoms with Gasteiger partial charge in [-0.3, -0.25) is 4.79 Å². The summed E-state index contributed by atoms with van der Waals surface area (Å²) in [7, 11) is 0. The van der Waals surface area contributed by atoms with Gasteiger partial charge >= 0.3 is 0 Å². The standard InChI is InChI=1S/C21H20ClN3O/c1-2-13-23-20-11-6-16-14-18(9-10-19(16)25-20)24-21(26)12-5-15-3-7-17(22)8-4-15/h3-12,14H,2,13H2,1H3,(H,23,25)(H,24,26). The highest BCUT2D eigenvalue weighted by molar-refractivity contribution is 6.30. The van der Waals surface area contributed by atoms with E-state index in [4.69, 9.17) is 11.6 Å². The van der Waals surface area contributed by atoms with Gasteiger partial charge in [0.1, 0.15) is 5.82 Å². The molecule has 0 saturated heterocycles. The maximum Gasteiger partial charge on any atom is 0.248 e. The first-order chi connectivity index (χ1) is 12.6. The Kier molecular flexibility index (Phi) is 5.87. The smallest absolute Gasteiger partial charge is 0.248 e. The normalized spacial score (nSPS) is 11.0. The number of hydrogen-bond donors (Lipinski definition) is 2. The van der Waals surface area contributed by atoms with Crippen molar-refractivity contribution in [3.05, 3.63) is 71.3 Å². The van der Waals surface area contributed by atoms with Crippen molar-refractivity contribution in [2.75, 3.05) is 17.2 Å². The zero-order valence-corrected chi connectivity index (χ0v) is 15.3. The second kappa shape index (κ2) is 8.50. The summed E-state index contributed by atoms with van der Waals surface area (Å²) in [5.41, 5.74) is 2.54. The molecule has 5 heteroatoms. The van der Waals surface area contributed by atoms with Crippen molar-refractivity contribution in [3.8, 4) is 0 Å². The Morgan fingerprint density at radius 3 is 2.69 bits per heavy atom. The summed E-state index contributed by atoms with van der Waals surface area (Å²) in [6, 6.07) is 16.9. The second-order valence-corrected chi connectivity index (χ2v) is 6.34. The molecule has 132 valence electrons. The van der Waals surface area contributed by atoms with Crippen LogP contribution in [-0.4, -0.2) is 17.4 Å². The van der Waals surface area contributed by atoms with Crippen LogP contribution in [0.3, 0.4) is 0 Å². The molecule has 0 aliphatic carbocycles. The molecule has 3 aromatic rings. The second-order valence-electron chi connectivity index (χ2n) is 5.90. The SMILES string of the molecule is CCCNc1ccc2cc(NC(=O)C=Cc3ccc(Cl)cc3)ccc2n1. The highest BCUT2D eigenvalue weighted by Crippen LogP contribution is 2.20. The van der Waals surface area contributed by atoms with E-state index in [0.717, 1.165) is 40.9 Å². The molecular formula is C21H20ClN3O. The molecule has 1 amide bonds. The number of fused-ring (bicyclic) bond motifs is 1. The molecule has 2 aromatic carbocycles. The highest BCUT2D eigenvalue weighted by atomic mass is 35.5. The van der Waals surface area contributed by atoms with Crippen LogP contribution >= 0.6 is 11.6 Å². The molecule has 0 unspecified atom stereocenters. The third-order valence-corrected chi connectivity index (χ3v) is 4.06. The van der Waals surface area contributed by atoms with E-state index in [1.54, 1.807) is 18.2 Å². The average molecular weight is 366 g/mol. The maximum absolute atomic E-state index is 12.1. The van der Waals surface area contributed by atoms with E-state index in [0.29, 0.717) is 5.02 Å². The Balaban J connectivity index is 1.68. The molecule has 0 aliphatic rings. The number of pyridine rings is 1. The number of hydrogen-bond acceptors (Lipinski definition) is 3. The topological polar surface area (TPSA) is 54.0 Å². The van der Waals surface area contributed by atoms with E-state index in [-0.39, 0.29) is 5.91 Å². The van der Waals surface area contributed by atoms with Gasteiger partial charge in [0, 0.05) is 28.7 Å². The van der Waals surface area contributed by atoms with Crippen LogP contribution in [0.1, 0.15) is 18.9 Å². The van der Waals surface area contributed by atoms with Gasteiger partial charge in [0.15, 0.2) is 0 Å². The Morgan fingerprint density at radius 1 is 1.12 bits per heavy atom. The summed E-state index contributed by atoms with van der Waals surface area (Å²) in [5.74, 6) is 0.676. The van der Waals surface area contributed by atoms with E-state index in [9.17, 15) is 4.79 Å². The van der Waals surface area contributed by atoms with E-state index in [1.165, 1.54) is 6.08 Å². The number of anilines is 2. The number of amides is 1. The summed E-state index contributed by atoms with van der Waals surface area (Å²) in [6.07, 6.45) is 4.30. The van der Waals surface area contributed by atoms with Crippen molar-refractivity contribution in [1.29, 1.82) is 0 Å². The van der Waals surface area contributed by atoms with Gasteiger partial charge in [0.25, 0.3) is 0 Å². The fourth-order valence-electron chi connectivity index (χ4n) is 2.48. The lowest BCUT2D eigenvalue weighted by Gasteiger charge is -2.07. The molecule has 0 atom stereocenters. The zero-order valence-electron chi connectivity index (χ0n) is 14.5. The third-order valence-electron chi connectivity index (χ3n) is 3.81. The molecule has 1 heterocycles. The first-order valence-corrected chi connectivity index (χ1v) is 8.91. The maximum atomic E-state index is 12.1. The molecule has 2 N–H and O–H groups in total. The van der Waals surface area contributed by atoms with Crippen molar-refractivity contribution in [3.63, 3.8) is 0 Å². The Hall–Kier alpha value is -2.85. The average Bonchev–Trinajstić information content (AvgIpc) is 2.66. The Morgan fingerprint density at radius 2 is 1.92 bits per heavy atom. The molecule has 0 aliphatic heterocycles. The van der Waals surface area contributed by atoms with Crippen molar-refractivity contribution >= 4 is 46.0 Å². The van der Waals surface area contributed by atoms with Crippen LogP contribution < -0.4 is 10.6 Å². The van der Waals surface area contributed by atoms with Crippen LogP contribution in [0, 0.1) is 0 Å². The minimum Gasteiger partial charge on any atom is -0.370 e. The number of nitrogens with one attached hydrogen (secondary N) is 2. The first kappa shape index (κ1) is 18.0. The van der Waals surface area contributed by atoms with E-state index in [1.807, 2.05) is 42.5 Å². The van der Waals surface area contributed by atoms with Gasteiger partial charge in [-0.2, -0.15) is 0 Å². The van der Waals surface area contributed by atoms with Crippen LogP contribution in [0.5, 0.6) is 0 Å². The fourth-order valence-corrected chi connectivity index (χ4v) is 2.61. The third kappa shape index (κ3) is 4.83. The summed E-state index contributed by atoms with van der Waals surface area (Å²) < 4.78 is 0. The van der Waals surface area contributed by atoms with Gasteiger partial charge in [-0.25, -0.2) is 4.98 Å². The van der Waals surface area contributed by atoms with Crippen LogP contribution in [0.2, 0.25) is 5.02 Å². The number of carbonyl (C=O) groups excluding carboxylic acids is 1.